The molecule has 0 saturated carbocycles. The number of esters is 2. The maximum absolute atomic E-state index is 12.2. The maximum atomic E-state index is 12.2. The summed E-state index contributed by atoms with van der Waals surface area (Å²) in [5.41, 5.74) is 1.47. The number of benzene rings is 1. The van der Waals surface area contributed by atoms with Crippen LogP contribution in [0.3, 0.4) is 0 Å². The molecular weight excluding hydrogens is 390 g/mol. The fraction of sp³-hybridized carbons (Fsp3) is 0.500. The molecule has 0 spiro atoms. The molecule has 0 amide bonds. The van der Waals surface area contributed by atoms with E-state index in [9.17, 15) is 9.59 Å². The summed E-state index contributed by atoms with van der Waals surface area (Å²) in [5, 5.41) is 0. The van der Waals surface area contributed by atoms with Gasteiger partial charge in [-0.3, -0.25) is 0 Å². The number of unbranched alkanes of at least 4 members (excludes halogenated alkanes) is 7. The summed E-state index contributed by atoms with van der Waals surface area (Å²) >= 11 is 0. The van der Waals surface area contributed by atoms with Gasteiger partial charge in [-0.05, 0) is 37.0 Å². The van der Waals surface area contributed by atoms with E-state index in [0.717, 1.165) is 25.7 Å². The minimum atomic E-state index is -0.522. The van der Waals surface area contributed by atoms with Gasteiger partial charge in [0.2, 0.25) is 0 Å². The summed E-state index contributed by atoms with van der Waals surface area (Å²) in [6.07, 6.45) is 11.1. The van der Waals surface area contributed by atoms with Crippen molar-refractivity contribution >= 4 is 11.9 Å². The Morgan fingerprint density at radius 3 is 1.84 bits per heavy atom. The van der Waals surface area contributed by atoms with Crippen molar-refractivity contribution in [2.75, 3.05) is 13.2 Å². The van der Waals surface area contributed by atoms with Crippen molar-refractivity contribution in [3.63, 3.8) is 0 Å². The highest BCUT2D eigenvalue weighted by Crippen LogP contribution is 2.09. The van der Waals surface area contributed by atoms with Gasteiger partial charge in [0, 0.05) is 0 Å². The van der Waals surface area contributed by atoms with E-state index in [1.807, 2.05) is 30.3 Å². The lowest BCUT2D eigenvalue weighted by molar-refractivity contribution is 0.0483. The Hall–Kier alpha value is -2.69. The molecule has 0 radical (unpaired) electrons. The summed E-state index contributed by atoms with van der Waals surface area (Å²) in [5.74, 6) is -1.02. The zero-order valence-corrected chi connectivity index (χ0v) is 18.7. The van der Waals surface area contributed by atoms with Gasteiger partial charge in [-0.1, -0.05) is 88.3 Å². The first-order valence-electron chi connectivity index (χ1n) is 11.6. The minimum absolute atomic E-state index is 0.126. The van der Waals surface area contributed by atoms with E-state index < -0.39 is 11.9 Å². The van der Waals surface area contributed by atoms with Crippen molar-refractivity contribution in [1.29, 1.82) is 0 Å². The second-order valence-electron chi connectivity index (χ2n) is 7.74. The number of hydrogen-bond acceptors (Lipinski definition) is 5. The topological polar surface area (TPSA) is 65.5 Å². The van der Waals surface area contributed by atoms with Gasteiger partial charge >= 0.3 is 11.9 Å². The van der Waals surface area contributed by atoms with Crippen LogP contribution in [0.5, 0.6) is 0 Å². The monoisotopic (exact) mass is 425 g/mol. The summed E-state index contributed by atoms with van der Waals surface area (Å²) in [4.78, 5) is 28.5. The predicted molar refractivity (Wildman–Crippen MR) is 122 cm³/mol. The van der Waals surface area contributed by atoms with E-state index in [1.54, 1.807) is 18.2 Å². The van der Waals surface area contributed by atoms with Crippen molar-refractivity contribution < 1.29 is 19.1 Å². The molecule has 2 rings (SSSR count). The second kappa shape index (κ2) is 15.2. The highest BCUT2D eigenvalue weighted by Gasteiger charge is 2.14. The van der Waals surface area contributed by atoms with Gasteiger partial charge in [0.15, 0.2) is 0 Å². The zero-order valence-electron chi connectivity index (χ0n) is 18.7. The van der Waals surface area contributed by atoms with Crippen molar-refractivity contribution in [2.45, 2.75) is 71.1 Å². The molecule has 0 saturated heterocycles. The molecule has 0 atom stereocenters. The average Bonchev–Trinajstić information content (AvgIpc) is 2.81. The molecule has 1 heterocycles. The number of carbonyl (C=O) groups excluding carboxylic acids is 2. The lowest BCUT2D eigenvalue weighted by Gasteiger charge is -2.07. The third-order valence-corrected chi connectivity index (χ3v) is 5.08. The zero-order chi connectivity index (χ0) is 22.2. The van der Waals surface area contributed by atoms with E-state index in [2.05, 4.69) is 11.9 Å². The number of pyridine rings is 1. The van der Waals surface area contributed by atoms with Crippen LogP contribution >= 0.6 is 0 Å². The van der Waals surface area contributed by atoms with E-state index in [1.165, 1.54) is 44.1 Å². The van der Waals surface area contributed by atoms with Gasteiger partial charge in [0.1, 0.15) is 11.4 Å². The molecule has 0 unspecified atom stereocenters. The Morgan fingerprint density at radius 2 is 1.23 bits per heavy atom. The molecule has 2 aromatic rings. The molecule has 0 aliphatic rings. The van der Waals surface area contributed by atoms with E-state index in [0.29, 0.717) is 13.2 Å². The third kappa shape index (κ3) is 10.3. The van der Waals surface area contributed by atoms with Crippen LogP contribution in [0.15, 0.2) is 48.5 Å². The van der Waals surface area contributed by atoms with Crippen LogP contribution in [-0.4, -0.2) is 30.1 Å². The molecular formula is C26H35NO4. The van der Waals surface area contributed by atoms with Gasteiger partial charge in [0.25, 0.3) is 0 Å². The summed E-state index contributed by atoms with van der Waals surface area (Å²) in [6, 6.07) is 14.8. The molecule has 0 aliphatic carbocycles. The van der Waals surface area contributed by atoms with Crippen LogP contribution in [0.25, 0.3) is 0 Å². The fourth-order valence-corrected chi connectivity index (χ4v) is 3.30. The largest absolute Gasteiger partial charge is 0.461 e. The Balaban J connectivity index is 1.64. The Morgan fingerprint density at radius 1 is 0.677 bits per heavy atom. The van der Waals surface area contributed by atoms with Crippen molar-refractivity contribution in [2.24, 2.45) is 0 Å². The first-order chi connectivity index (χ1) is 15.2. The molecule has 31 heavy (non-hydrogen) atoms. The standard InChI is InChI=1S/C26H35NO4/c1-2-3-4-5-6-7-8-12-20-30-25(28)23-18-13-19-24(27-23)26(29)31-21-14-17-22-15-10-9-11-16-22/h9-11,13,15-16,18-19H,2-8,12,14,17,20-21H2,1H3. The Labute approximate surface area is 186 Å². The highest BCUT2D eigenvalue weighted by atomic mass is 16.5. The van der Waals surface area contributed by atoms with Gasteiger partial charge in [-0.15, -0.1) is 0 Å². The number of aromatic nitrogens is 1. The first-order valence-corrected chi connectivity index (χ1v) is 11.6. The maximum Gasteiger partial charge on any atom is 0.356 e. The van der Waals surface area contributed by atoms with E-state index >= 15 is 0 Å². The van der Waals surface area contributed by atoms with Gasteiger partial charge in [0.05, 0.1) is 13.2 Å². The summed E-state index contributed by atoms with van der Waals surface area (Å²) < 4.78 is 10.6. The van der Waals surface area contributed by atoms with Crippen LogP contribution in [0.4, 0.5) is 0 Å². The molecule has 5 nitrogen and oxygen atoms in total. The summed E-state index contributed by atoms with van der Waals surface area (Å²) in [7, 11) is 0. The molecule has 1 aromatic heterocycles. The van der Waals surface area contributed by atoms with Crippen LogP contribution in [0.1, 0.15) is 91.3 Å². The van der Waals surface area contributed by atoms with Crippen molar-refractivity contribution in [3.05, 3.63) is 65.5 Å². The van der Waals surface area contributed by atoms with E-state index in [4.69, 9.17) is 9.47 Å². The number of carbonyl (C=O) groups is 2. The van der Waals surface area contributed by atoms with Crippen LogP contribution in [-0.2, 0) is 15.9 Å². The van der Waals surface area contributed by atoms with Crippen LogP contribution < -0.4 is 0 Å². The first kappa shape index (κ1) is 24.6. The van der Waals surface area contributed by atoms with E-state index in [-0.39, 0.29) is 11.4 Å². The fourth-order valence-electron chi connectivity index (χ4n) is 3.30. The number of hydrogen-bond donors (Lipinski definition) is 0. The number of nitrogens with zero attached hydrogens (tertiary/aromatic N) is 1. The van der Waals surface area contributed by atoms with Crippen LogP contribution in [0.2, 0.25) is 0 Å². The highest BCUT2D eigenvalue weighted by molar-refractivity contribution is 5.91. The molecule has 0 fully saturated rings. The molecule has 168 valence electrons. The van der Waals surface area contributed by atoms with Gasteiger partial charge in [-0.25, -0.2) is 14.6 Å². The molecule has 0 bridgehead atoms. The SMILES string of the molecule is CCCCCCCCCCOC(=O)c1cccc(C(=O)OCCCc2ccccc2)n1. The summed E-state index contributed by atoms with van der Waals surface area (Å²) in [6.45, 7) is 2.90. The number of ether oxygens (including phenoxy) is 2. The normalized spacial score (nSPS) is 10.6. The Bertz CT molecular complexity index is 776. The average molecular weight is 426 g/mol. The molecule has 5 heteroatoms. The number of aryl methyl sites for hydroxylation is 1. The molecule has 1 aromatic carbocycles. The van der Waals surface area contributed by atoms with Gasteiger partial charge < -0.3 is 9.47 Å². The third-order valence-electron chi connectivity index (χ3n) is 5.08. The predicted octanol–water partition coefficient (Wildman–Crippen LogP) is 6.17. The van der Waals surface area contributed by atoms with Crippen LogP contribution in [0, 0.1) is 0 Å². The van der Waals surface area contributed by atoms with Crippen molar-refractivity contribution in [1.82, 2.24) is 4.98 Å². The van der Waals surface area contributed by atoms with Crippen molar-refractivity contribution in [3.8, 4) is 0 Å². The lowest BCUT2D eigenvalue weighted by Crippen LogP contribution is -2.13. The molecule has 0 aliphatic heterocycles. The smallest absolute Gasteiger partial charge is 0.356 e. The second-order valence-corrected chi connectivity index (χ2v) is 7.74. The quantitative estimate of drug-likeness (QED) is 0.252. The minimum Gasteiger partial charge on any atom is -0.461 e. The Kier molecular flexibility index (Phi) is 12.0. The lowest BCUT2D eigenvalue weighted by atomic mass is 10.1. The number of rotatable bonds is 15. The van der Waals surface area contributed by atoms with Gasteiger partial charge in [-0.2, -0.15) is 0 Å². The molecule has 0 N–H and O–H groups in total.